The zero-order valence-electron chi connectivity index (χ0n) is 22.8. The normalized spacial score (nSPS) is 19.4. The highest BCUT2D eigenvalue weighted by Gasteiger charge is 2.31. The number of piperidine rings is 2. The average molecular weight is 531 g/mol. The number of carbonyl (C=O) groups excluding carboxylic acids is 1. The number of rotatable bonds is 7. The van der Waals surface area contributed by atoms with Gasteiger partial charge in [-0.05, 0) is 43.9 Å². The van der Waals surface area contributed by atoms with Crippen LogP contribution in [0.4, 0.5) is 11.5 Å². The fraction of sp³-hybridized carbons (Fsp3) is 0.533. The standard InChI is InChI=1S/C30H38N6O3/c1-38-28-19-23(9-10-27(28)39-24-12-17-34(18-13-24)30(37)22-7-3-4-8-22)36(35-15-5-2-6-16-35)29-25-11-14-31-20-26(25)32-21-33-29/h9-11,14,19-22,24H,2-8,12-13,15-18H2,1H3. The summed E-state index contributed by atoms with van der Waals surface area (Å²) in [7, 11) is 1.69. The van der Waals surface area contributed by atoms with Crippen molar-refractivity contribution in [2.24, 2.45) is 5.92 Å². The number of methoxy groups -OCH3 is 1. The minimum atomic E-state index is 0.0638. The van der Waals surface area contributed by atoms with Gasteiger partial charge in [-0.3, -0.25) is 14.8 Å². The first-order chi connectivity index (χ1) is 19.2. The molecule has 3 aromatic rings. The van der Waals surface area contributed by atoms with E-state index in [1.54, 1.807) is 25.8 Å². The number of anilines is 2. The van der Waals surface area contributed by atoms with Crippen LogP contribution in [0.15, 0.2) is 43.0 Å². The molecule has 0 atom stereocenters. The molecule has 9 nitrogen and oxygen atoms in total. The van der Waals surface area contributed by atoms with Crippen molar-refractivity contribution >= 4 is 28.3 Å². The predicted molar refractivity (Wildman–Crippen MR) is 150 cm³/mol. The van der Waals surface area contributed by atoms with Crippen LogP contribution in [0.2, 0.25) is 0 Å². The Kier molecular flexibility index (Phi) is 7.76. The van der Waals surface area contributed by atoms with E-state index in [0.717, 1.165) is 92.9 Å². The molecule has 0 N–H and O–H groups in total. The summed E-state index contributed by atoms with van der Waals surface area (Å²) in [6.45, 7) is 3.43. The monoisotopic (exact) mass is 530 g/mol. The van der Waals surface area contributed by atoms with Gasteiger partial charge in [0.15, 0.2) is 17.3 Å². The first-order valence-corrected chi connectivity index (χ1v) is 14.4. The van der Waals surface area contributed by atoms with Gasteiger partial charge in [-0.15, -0.1) is 0 Å². The fourth-order valence-electron chi connectivity index (χ4n) is 6.25. The molecule has 1 aromatic carbocycles. The maximum Gasteiger partial charge on any atom is 0.225 e. The second-order valence-electron chi connectivity index (χ2n) is 10.9. The summed E-state index contributed by atoms with van der Waals surface area (Å²) in [5.74, 6) is 2.84. The molecule has 1 aliphatic carbocycles. The number of hydrazine groups is 1. The first kappa shape index (κ1) is 25.8. The number of aromatic nitrogens is 3. The fourth-order valence-corrected chi connectivity index (χ4v) is 6.25. The molecular weight excluding hydrogens is 492 g/mol. The van der Waals surface area contributed by atoms with E-state index in [1.165, 1.54) is 19.3 Å². The van der Waals surface area contributed by atoms with Gasteiger partial charge in [0.25, 0.3) is 0 Å². The van der Waals surface area contributed by atoms with Crippen molar-refractivity contribution in [1.82, 2.24) is 24.9 Å². The maximum atomic E-state index is 12.8. The minimum Gasteiger partial charge on any atom is -0.493 e. The summed E-state index contributed by atoms with van der Waals surface area (Å²) in [6, 6.07) is 8.10. The van der Waals surface area contributed by atoms with Crippen molar-refractivity contribution in [1.29, 1.82) is 0 Å². The average Bonchev–Trinajstić information content (AvgIpc) is 3.54. The number of likely N-dealkylation sites (tertiary alicyclic amines) is 1. The first-order valence-electron chi connectivity index (χ1n) is 14.4. The largest absolute Gasteiger partial charge is 0.493 e. The molecule has 0 unspecified atom stereocenters. The van der Waals surface area contributed by atoms with Crippen molar-refractivity contribution in [2.75, 3.05) is 38.3 Å². The summed E-state index contributed by atoms with van der Waals surface area (Å²) in [5.41, 5.74) is 1.78. The molecule has 9 heteroatoms. The number of carbonyl (C=O) groups is 1. The Hall–Kier alpha value is -3.46. The lowest BCUT2D eigenvalue weighted by Gasteiger charge is -2.38. The van der Waals surface area contributed by atoms with Crippen LogP contribution in [-0.4, -0.2) is 70.2 Å². The van der Waals surface area contributed by atoms with Crippen LogP contribution in [0.3, 0.4) is 0 Å². The lowest BCUT2D eigenvalue weighted by molar-refractivity contribution is -0.137. The van der Waals surface area contributed by atoms with Crippen LogP contribution < -0.4 is 14.5 Å². The van der Waals surface area contributed by atoms with Gasteiger partial charge in [0.2, 0.25) is 5.91 Å². The third-order valence-corrected chi connectivity index (χ3v) is 8.38. The van der Waals surface area contributed by atoms with E-state index >= 15 is 0 Å². The van der Waals surface area contributed by atoms with Crippen LogP contribution in [0.1, 0.15) is 57.8 Å². The van der Waals surface area contributed by atoms with E-state index in [-0.39, 0.29) is 12.0 Å². The van der Waals surface area contributed by atoms with Gasteiger partial charge in [0, 0.05) is 62.6 Å². The molecule has 2 aliphatic heterocycles. The van der Waals surface area contributed by atoms with E-state index in [1.807, 2.05) is 23.1 Å². The number of ether oxygens (including phenoxy) is 2. The smallest absolute Gasteiger partial charge is 0.225 e. The van der Waals surface area contributed by atoms with Gasteiger partial charge in [0.05, 0.1) is 24.5 Å². The molecule has 39 heavy (non-hydrogen) atoms. The number of fused-ring (bicyclic) bond motifs is 1. The SMILES string of the molecule is COc1cc(N(c2ncnc3cnccc23)N2CCCCC2)ccc1OC1CCN(C(=O)C2CCCC2)CC1. The summed E-state index contributed by atoms with van der Waals surface area (Å²) in [6.07, 6.45) is 14.9. The molecule has 3 fully saturated rings. The van der Waals surface area contributed by atoms with Gasteiger partial charge in [0.1, 0.15) is 12.4 Å². The van der Waals surface area contributed by atoms with E-state index in [0.29, 0.717) is 11.7 Å². The van der Waals surface area contributed by atoms with Crippen LogP contribution in [0, 0.1) is 5.92 Å². The van der Waals surface area contributed by atoms with Crippen LogP contribution in [-0.2, 0) is 4.79 Å². The Balaban J connectivity index is 1.22. The molecule has 6 rings (SSSR count). The molecule has 2 saturated heterocycles. The van der Waals surface area contributed by atoms with Crippen LogP contribution in [0.5, 0.6) is 11.5 Å². The van der Waals surface area contributed by atoms with Gasteiger partial charge in [-0.25, -0.2) is 15.0 Å². The quantitative estimate of drug-likeness (QED) is 0.416. The summed E-state index contributed by atoms with van der Waals surface area (Å²) in [4.78, 5) is 28.3. The van der Waals surface area contributed by atoms with E-state index < -0.39 is 0 Å². The lowest BCUT2D eigenvalue weighted by Crippen LogP contribution is -2.44. The third-order valence-electron chi connectivity index (χ3n) is 8.38. The molecule has 206 valence electrons. The highest BCUT2D eigenvalue weighted by molar-refractivity contribution is 5.90. The molecule has 1 amide bonds. The number of pyridine rings is 1. The summed E-state index contributed by atoms with van der Waals surface area (Å²) < 4.78 is 12.3. The van der Waals surface area contributed by atoms with Gasteiger partial charge < -0.3 is 14.4 Å². The molecule has 0 spiro atoms. The van der Waals surface area contributed by atoms with Gasteiger partial charge >= 0.3 is 0 Å². The zero-order valence-corrected chi connectivity index (χ0v) is 22.8. The number of nitrogens with zero attached hydrogens (tertiary/aromatic N) is 6. The lowest BCUT2D eigenvalue weighted by atomic mass is 10.0. The number of hydrogen-bond acceptors (Lipinski definition) is 8. The third kappa shape index (κ3) is 5.50. The van der Waals surface area contributed by atoms with Crippen molar-refractivity contribution in [3.05, 3.63) is 43.0 Å². The number of amides is 1. The van der Waals surface area contributed by atoms with Crippen molar-refractivity contribution in [3.8, 4) is 11.5 Å². The zero-order chi connectivity index (χ0) is 26.6. The van der Waals surface area contributed by atoms with E-state index in [2.05, 4.69) is 26.1 Å². The Bertz CT molecular complexity index is 1280. The Morgan fingerprint density at radius 1 is 0.923 bits per heavy atom. The van der Waals surface area contributed by atoms with Crippen molar-refractivity contribution in [3.63, 3.8) is 0 Å². The second kappa shape index (κ2) is 11.7. The molecule has 3 aliphatic rings. The van der Waals surface area contributed by atoms with Crippen LogP contribution in [0.25, 0.3) is 10.9 Å². The van der Waals surface area contributed by atoms with Crippen LogP contribution >= 0.6 is 0 Å². The number of hydrogen-bond donors (Lipinski definition) is 0. The molecular formula is C30H38N6O3. The molecule has 0 bridgehead atoms. The Morgan fingerprint density at radius 3 is 2.49 bits per heavy atom. The highest BCUT2D eigenvalue weighted by atomic mass is 16.5. The Morgan fingerprint density at radius 2 is 1.72 bits per heavy atom. The highest BCUT2D eigenvalue weighted by Crippen LogP contribution is 2.39. The molecule has 4 heterocycles. The number of benzene rings is 1. The van der Waals surface area contributed by atoms with E-state index in [4.69, 9.17) is 14.5 Å². The minimum absolute atomic E-state index is 0.0638. The van der Waals surface area contributed by atoms with Crippen molar-refractivity contribution in [2.45, 2.75) is 63.9 Å². The molecule has 2 aromatic heterocycles. The van der Waals surface area contributed by atoms with Crippen molar-refractivity contribution < 1.29 is 14.3 Å². The molecule has 0 radical (unpaired) electrons. The maximum absolute atomic E-state index is 12.8. The second-order valence-corrected chi connectivity index (χ2v) is 10.9. The Labute approximate surface area is 230 Å². The van der Waals surface area contributed by atoms with Gasteiger partial charge in [-0.1, -0.05) is 19.3 Å². The van der Waals surface area contributed by atoms with Gasteiger partial charge in [-0.2, -0.15) is 0 Å². The predicted octanol–water partition coefficient (Wildman–Crippen LogP) is 5.13. The topological polar surface area (TPSA) is 83.9 Å². The summed E-state index contributed by atoms with van der Waals surface area (Å²) in [5, 5.41) is 5.51. The summed E-state index contributed by atoms with van der Waals surface area (Å²) >= 11 is 0. The van der Waals surface area contributed by atoms with E-state index in [9.17, 15) is 4.79 Å². The molecule has 1 saturated carbocycles.